The fourth-order valence-corrected chi connectivity index (χ4v) is 4.17. The number of rotatable bonds is 5. The number of carbonyl (C=O) groups excluding carboxylic acids is 1. The van der Waals surface area contributed by atoms with Gasteiger partial charge in [-0.25, -0.2) is 0 Å². The highest BCUT2D eigenvalue weighted by molar-refractivity contribution is 5.94. The van der Waals surface area contributed by atoms with Gasteiger partial charge in [0.2, 0.25) is 11.8 Å². The highest BCUT2D eigenvalue weighted by Crippen LogP contribution is 2.27. The molecule has 1 aromatic heterocycles. The minimum absolute atomic E-state index is 0.0543. The van der Waals surface area contributed by atoms with Crippen LogP contribution in [-0.2, 0) is 0 Å². The first-order valence-electron chi connectivity index (χ1n) is 11.3. The lowest BCUT2D eigenvalue weighted by molar-refractivity contribution is -0.384. The van der Waals surface area contributed by atoms with E-state index in [0.29, 0.717) is 43.5 Å². The van der Waals surface area contributed by atoms with Gasteiger partial charge < -0.3 is 14.2 Å². The highest BCUT2D eigenvalue weighted by Gasteiger charge is 2.23. The number of hydrogen-bond acceptors (Lipinski definition) is 7. The van der Waals surface area contributed by atoms with E-state index in [1.807, 2.05) is 49.4 Å². The predicted molar refractivity (Wildman–Crippen MR) is 131 cm³/mol. The second-order valence-electron chi connectivity index (χ2n) is 8.36. The average Bonchev–Trinajstić information content (AvgIpc) is 3.39. The number of nitro benzene ring substituents is 1. The highest BCUT2D eigenvalue weighted by atomic mass is 16.6. The molecule has 0 atom stereocenters. The van der Waals surface area contributed by atoms with Gasteiger partial charge in [-0.05, 0) is 48.9 Å². The number of nitro groups is 1. The number of hydrogen-bond donors (Lipinski definition) is 0. The van der Waals surface area contributed by atoms with Crippen molar-refractivity contribution in [3.05, 3.63) is 94.0 Å². The van der Waals surface area contributed by atoms with Crippen LogP contribution >= 0.6 is 0 Å². The lowest BCUT2D eigenvalue weighted by Crippen LogP contribution is -2.48. The maximum absolute atomic E-state index is 13.0. The van der Waals surface area contributed by atoms with E-state index >= 15 is 0 Å². The van der Waals surface area contributed by atoms with Crippen LogP contribution in [0.1, 0.15) is 15.9 Å². The van der Waals surface area contributed by atoms with Crippen molar-refractivity contribution in [1.82, 2.24) is 15.1 Å². The van der Waals surface area contributed by atoms with Crippen molar-refractivity contribution in [2.75, 3.05) is 31.1 Å². The van der Waals surface area contributed by atoms with Crippen LogP contribution in [-0.4, -0.2) is 52.1 Å². The number of piperazine rings is 1. The zero-order valence-electron chi connectivity index (χ0n) is 19.1. The van der Waals surface area contributed by atoms with E-state index in [-0.39, 0.29) is 11.6 Å². The number of aromatic nitrogens is 2. The Kier molecular flexibility index (Phi) is 5.97. The molecule has 0 unspecified atom stereocenters. The lowest BCUT2D eigenvalue weighted by Gasteiger charge is -2.36. The summed E-state index contributed by atoms with van der Waals surface area (Å²) in [6.07, 6.45) is 0. The summed E-state index contributed by atoms with van der Waals surface area (Å²) in [5.74, 6) is 0.800. The first kappa shape index (κ1) is 22.3. The molecule has 9 heteroatoms. The molecule has 0 bridgehead atoms. The molecule has 0 aliphatic carbocycles. The van der Waals surface area contributed by atoms with Crippen LogP contribution in [0.4, 0.5) is 11.4 Å². The molecule has 35 heavy (non-hydrogen) atoms. The van der Waals surface area contributed by atoms with Crippen LogP contribution in [0.5, 0.6) is 0 Å². The molecular weight excluding hydrogens is 446 g/mol. The SMILES string of the molecule is Cc1ccccc1-c1nnc(-c2ccc(C(=O)N3CCN(c4cccc([N+](=O)[O-])c4)CC3)cc2)o1. The molecule has 2 heterocycles. The number of non-ortho nitro benzene ring substituents is 1. The third-order valence-corrected chi connectivity index (χ3v) is 6.15. The molecule has 1 aliphatic heterocycles. The van der Waals surface area contributed by atoms with Crippen molar-refractivity contribution in [3.8, 4) is 22.9 Å². The Morgan fingerprint density at radius 1 is 0.914 bits per heavy atom. The van der Waals surface area contributed by atoms with Gasteiger partial charge in [-0.1, -0.05) is 24.3 Å². The number of nitrogens with zero attached hydrogens (tertiary/aromatic N) is 5. The molecule has 0 N–H and O–H groups in total. The van der Waals surface area contributed by atoms with Gasteiger partial charge in [0.25, 0.3) is 11.6 Å². The average molecular weight is 470 g/mol. The topological polar surface area (TPSA) is 106 Å². The molecule has 9 nitrogen and oxygen atoms in total. The van der Waals surface area contributed by atoms with Crippen molar-refractivity contribution in [3.63, 3.8) is 0 Å². The van der Waals surface area contributed by atoms with E-state index in [1.54, 1.807) is 29.2 Å². The van der Waals surface area contributed by atoms with Crippen molar-refractivity contribution in [2.45, 2.75) is 6.92 Å². The second kappa shape index (κ2) is 9.38. The van der Waals surface area contributed by atoms with Crippen LogP contribution in [0.15, 0.2) is 77.2 Å². The van der Waals surface area contributed by atoms with Crippen LogP contribution in [0.25, 0.3) is 22.9 Å². The van der Waals surface area contributed by atoms with Crippen LogP contribution in [0.3, 0.4) is 0 Å². The fraction of sp³-hybridized carbons (Fsp3) is 0.192. The number of aryl methyl sites for hydroxylation is 1. The quantitative estimate of drug-likeness (QED) is 0.311. The number of carbonyl (C=O) groups is 1. The summed E-state index contributed by atoms with van der Waals surface area (Å²) in [7, 11) is 0. The van der Waals surface area contributed by atoms with Crippen LogP contribution in [0.2, 0.25) is 0 Å². The van der Waals surface area contributed by atoms with Crippen LogP contribution in [0, 0.1) is 17.0 Å². The van der Waals surface area contributed by atoms with E-state index in [9.17, 15) is 14.9 Å². The van der Waals surface area contributed by atoms with Gasteiger partial charge in [-0.15, -0.1) is 10.2 Å². The second-order valence-corrected chi connectivity index (χ2v) is 8.36. The Morgan fingerprint density at radius 2 is 1.63 bits per heavy atom. The Bertz CT molecular complexity index is 1370. The maximum atomic E-state index is 13.0. The van der Waals surface area contributed by atoms with E-state index in [4.69, 9.17) is 4.42 Å². The molecule has 176 valence electrons. The van der Waals surface area contributed by atoms with Gasteiger partial charge in [0, 0.05) is 60.7 Å². The Labute approximate surface area is 201 Å². The Hall–Kier alpha value is -4.53. The lowest BCUT2D eigenvalue weighted by atomic mass is 10.1. The molecule has 4 aromatic rings. The largest absolute Gasteiger partial charge is 0.416 e. The summed E-state index contributed by atoms with van der Waals surface area (Å²) in [6, 6.07) is 21.5. The van der Waals surface area contributed by atoms with Gasteiger partial charge in [0.1, 0.15) is 0 Å². The fourth-order valence-electron chi connectivity index (χ4n) is 4.17. The smallest absolute Gasteiger partial charge is 0.271 e. The molecule has 3 aromatic carbocycles. The van der Waals surface area contributed by atoms with E-state index in [1.165, 1.54) is 6.07 Å². The Morgan fingerprint density at radius 3 is 2.34 bits per heavy atom. The minimum Gasteiger partial charge on any atom is -0.416 e. The summed E-state index contributed by atoms with van der Waals surface area (Å²) in [4.78, 5) is 27.5. The molecule has 1 aliphatic rings. The van der Waals surface area contributed by atoms with E-state index in [2.05, 4.69) is 15.1 Å². The monoisotopic (exact) mass is 469 g/mol. The standard InChI is InChI=1S/C26H23N5O4/c1-18-5-2-3-8-23(18)25-28-27-24(35-25)19-9-11-20(12-10-19)26(32)30-15-13-29(14-16-30)21-6-4-7-22(17-21)31(33)34/h2-12,17H,13-16H2,1H3. The first-order chi connectivity index (χ1) is 17.0. The molecular formula is C26H23N5O4. The summed E-state index contributed by atoms with van der Waals surface area (Å²) in [5, 5.41) is 19.4. The number of amides is 1. The van der Waals surface area contributed by atoms with Crippen molar-refractivity contribution < 1.29 is 14.1 Å². The Balaban J connectivity index is 1.24. The minimum atomic E-state index is -0.398. The van der Waals surface area contributed by atoms with Crippen LogP contribution < -0.4 is 4.90 Å². The van der Waals surface area contributed by atoms with Gasteiger partial charge in [0.15, 0.2) is 0 Å². The third-order valence-electron chi connectivity index (χ3n) is 6.15. The number of benzene rings is 3. The van der Waals surface area contributed by atoms with E-state index < -0.39 is 4.92 Å². The zero-order chi connectivity index (χ0) is 24.4. The summed E-state index contributed by atoms with van der Waals surface area (Å²) >= 11 is 0. The third kappa shape index (κ3) is 4.61. The normalized spacial score (nSPS) is 13.6. The zero-order valence-corrected chi connectivity index (χ0v) is 19.1. The predicted octanol–water partition coefficient (Wildman–Crippen LogP) is 4.58. The summed E-state index contributed by atoms with van der Waals surface area (Å²) in [6.45, 7) is 4.27. The molecule has 0 radical (unpaired) electrons. The van der Waals surface area contributed by atoms with E-state index in [0.717, 1.165) is 22.4 Å². The number of anilines is 1. The van der Waals surface area contributed by atoms with Gasteiger partial charge >= 0.3 is 0 Å². The molecule has 1 amide bonds. The molecule has 1 fully saturated rings. The molecule has 1 saturated heterocycles. The van der Waals surface area contributed by atoms with Crippen molar-refractivity contribution >= 4 is 17.3 Å². The van der Waals surface area contributed by atoms with Gasteiger partial charge in [-0.3, -0.25) is 14.9 Å². The van der Waals surface area contributed by atoms with Gasteiger partial charge in [-0.2, -0.15) is 0 Å². The molecule has 5 rings (SSSR count). The first-order valence-corrected chi connectivity index (χ1v) is 11.3. The summed E-state index contributed by atoms with van der Waals surface area (Å²) in [5.41, 5.74) is 4.12. The molecule has 0 saturated carbocycles. The van der Waals surface area contributed by atoms with Crippen molar-refractivity contribution in [2.24, 2.45) is 0 Å². The maximum Gasteiger partial charge on any atom is 0.271 e. The molecule has 0 spiro atoms. The summed E-state index contributed by atoms with van der Waals surface area (Å²) < 4.78 is 5.87. The van der Waals surface area contributed by atoms with Gasteiger partial charge in [0.05, 0.1) is 4.92 Å². The van der Waals surface area contributed by atoms with Crippen molar-refractivity contribution in [1.29, 1.82) is 0 Å².